The van der Waals surface area contributed by atoms with Crippen LogP contribution in [0.1, 0.15) is 11.3 Å². The van der Waals surface area contributed by atoms with Crippen molar-refractivity contribution >= 4 is 45.0 Å². The van der Waals surface area contributed by atoms with Gasteiger partial charge in [-0.3, -0.25) is 9.59 Å². The molecular weight excluding hydrogens is 300 g/mol. The van der Waals surface area contributed by atoms with Crippen molar-refractivity contribution in [3.63, 3.8) is 0 Å². The molecule has 1 saturated heterocycles. The zero-order valence-corrected chi connectivity index (χ0v) is 11.9. The van der Waals surface area contributed by atoms with Gasteiger partial charge in [0.1, 0.15) is 22.2 Å². The lowest BCUT2D eigenvalue weighted by Crippen LogP contribution is -2.32. The fraction of sp³-hybridized carbons (Fsp3) is 0.333. The summed E-state index contributed by atoms with van der Waals surface area (Å²) >= 11 is 7.46. The number of nitrogens with two attached hydrogens (primary N) is 1. The van der Waals surface area contributed by atoms with Crippen LogP contribution in [-0.4, -0.2) is 33.2 Å². The molecule has 20 heavy (non-hydrogen) atoms. The molecule has 0 unspecified atom stereocenters. The van der Waals surface area contributed by atoms with Gasteiger partial charge in [0.15, 0.2) is 0 Å². The van der Waals surface area contributed by atoms with Gasteiger partial charge < -0.3 is 10.6 Å². The molecule has 0 bridgehead atoms. The van der Waals surface area contributed by atoms with Crippen molar-refractivity contribution in [2.24, 2.45) is 11.7 Å². The number of rotatable bonds is 3. The van der Waals surface area contributed by atoms with Crippen molar-refractivity contribution in [3.8, 4) is 0 Å². The molecule has 8 heteroatoms. The summed E-state index contributed by atoms with van der Waals surface area (Å²) < 4.78 is 0. The predicted octanol–water partition coefficient (Wildman–Crippen LogP) is 1.18. The van der Waals surface area contributed by atoms with E-state index in [-0.39, 0.29) is 5.91 Å². The second-order valence-electron chi connectivity index (χ2n) is 4.60. The number of aromatic nitrogens is 2. The monoisotopic (exact) mass is 310 g/mol. The topological polar surface area (TPSA) is 89.2 Å². The Morgan fingerprint density at radius 3 is 3.00 bits per heavy atom. The van der Waals surface area contributed by atoms with Crippen molar-refractivity contribution in [1.82, 2.24) is 14.9 Å². The Morgan fingerprint density at radius 2 is 2.35 bits per heavy atom. The first kappa shape index (κ1) is 13.3. The Labute approximate surface area is 123 Å². The van der Waals surface area contributed by atoms with E-state index in [4.69, 9.17) is 17.3 Å². The molecule has 1 atom stereocenters. The molecule has 3 rings (SSSR count). The van der Waals surface area contributed by atoms with Crippen molar-refractivity contribution < 1.29 is 9.59 Å². The molecule has 0 spiro atoms. The first-order chi connectivity index (χ1) is 9.56. The van der Waals surface area contributed by atoms with Gasteiger partial charge in [-0.1, -0.05) is 11.6 Å². The Balaban J connectivity index is 1.82. The minimum atomic E-state index is -0.687. The summed E-state index contributed by atoms with van der Waals surface area (Å²) in [5.41, 5.74) is 5.21. The average Bonchev–Trinajstić information content (AvgIpc) is 2.95. The standard InChI is InChI=1S/C12H11ClN4O2S/c13-9-8-3-6(20-11(8)16-5-15-9)4-17-2-1-7(10(14)18)12(17)19/h3,5,7H,1-2,4H2,(H2,14,18)/t7-/m0/s1. The van der Waals surface area contributed by atoms with Crippen LogP contribution in [0.15, 0.2) is 12.4 Å². The van der Waals surface area contributed by atoms with E-state index in [1.165, 1.54) is 17.7 Å². The van der Waals surface area contributed by atoms with Gasteiger partial charge >= 0.3 is 0 Å². The normalized spacial score (nSPS) is 18.9. The average molecular weight is 311 g/mol. The second kappa shape index (κ2) is 4.99. The number of nitrogens with zero attached hydrogens (tertiary/aromatic N) is 3. The van der Waals surface area contributed by atoms with Gasteiger partial charge in [-0.25, -0.2) is 9.97 Å². The third-order valence-corrected chi connectivity index (χ3v) is 4.65. The van der Waals surface area contributed by atoms with Gasteiger partial charge in [-0.2, -0.15) is 0 Å². The maximum Gasteiger partial charge on any atom is 0.235 e. The molecule has 0 aliphatic carbocycles. The summed E-state index contributed by atoms with van der Waals surface area (Å²) in [6, 6.07) is 1.88. The minimum Gasteiger partial charge on any atom is -0.369 e. The van der Waals surface area contributed by atoms with Crippen LogP contribution in [0.25, 0.3) is 10.2 Å². The minimum absolute atomic E-state index is 0.202. The van der Waals surface area contributed by atoms with Gasteiger partial charge in [-0.05, 0) is 12.5 Å². The molecule has 6 nitrogen and oxygen atoms in total. The molecule has 2 aromatic heterocycles. The zero-order valence-electron chi connectivity index (χ0n) is 10.4. The smallest absolute Gasteiger partial charge is 0.235 e. The molecule has 2 N–H and O–H groups in total. The molecule has 1 aliphatic heterocycles. The highest BCUT2D eigenvalue weighted by atomic mass is 35.5. The van der Waals surface area contributed by atoms with E-state index >= 15 is 0 Å². The van der Waals surface area contributed by atoms with E-state index in [9.17, 15) is 9.59 Å². The number of thiophene rings is 1. The van der Waals surface area contributed by atoms with E-state index in [2.05, 4.69) is 9.97 Å². The Hall–Kier alpha value is -1.73. The van der Waals surface area contributed by atoms with Crippen molar-refractivity contribution in [1.29, 1.82) is 0 Å². The largest absolute Gasteiger partial charge is 0.369 e. The van der Waals surface area contributed by atoms with Gasteiger partial charge in [-0.15, -0.1) is 11.3 Å². The summed E-state index contributed by atoms with van der Waals surface area (Å²) in [6.07, 6.45) is 1.90. The Morgan fingerprint density at radius 1 is 1.55 bits per heavy atom. The summed E-state index contributed by atoms with van der Waals surface area (Å²) in [5.74, 6) is -1.44. The van der Waals surface area contributed by atoms with E-state index in [0.29, 0.717) is 24.7 Å². The maximum atomic E-state index is 12.0. The highest BCUT2D eigenvalue weighted by Gasteiger charge is 2.35. The summed E-state index contributed by atoms with van der Waals surface area (Å²) in [6.45, 7) is 0.986. The SMILES string of the molecule is NC(=O)[C@@H]1CCN(Cc2cc3c(Cl)ncnc3s2)C1=O. The predicted molar refractivity (Wildman–Crippen MR) is 75.1 cm³/mol. The number of amides is 2. The fourth-order valence-electron chi connectivity index (χ4n) is 2.30. The second-order valence-corrected chi connectivity index (χ2v) is 6.07. The lowest BCUT2D eigenvalue weighted by Gasteiger charge is -2.14. The van der Waals surface area contributed by atoms with Gasteiger partial charge in [0, 0.05) is 16.8 Å². The van der Waals surface area contributed by atoms with Crippen LogP contribution in [0.5, 0.6) is 0 Å². The van der Waals surface area contributed by atoms with E-state index < -0.39 is 11.8 Å². The Kier molecular flexibility index (Phi) is 3.31. The highest BCUT2D eigenvalue weighted by Crippen LogP contribution is 2.30. The highest BCUT2D eigenvalue weighted by molar-refractivity contribution is 7.18. The number of halogens is 1. The lowest BCUT2D eigenvalue weighted by atomic mass is 10.1. The van der Waals surface area contributed by atoms with Gasteiger partial charge in [0.2, 0.25) is 11.8 Å². The first-order valence-electron chi connectivity index (χ1n) is 6.03. The Bertz CT molecular complexity index is 702. The molecule has 2 aromatic rings. The van der Waals surface area contributed by atoms with Crippen LogP contribution in [-0.2, 0) is 16.1 Å². The van der Waals surface area contributed by atoms with E-state index in [1.807, 2.05) is 6.07 Å². The van der Waals surface area contributed by atoms with Crippen molar-refractivity contribution in [2.75, 3.05) is 6.54 Å². The molecule has 0 aromatic carbocycles. The molecule has 1 aliphatic rings. The fourth-order valence-corrected chi connectivity index (χ4v) is 3.56. The van der Waals surface area contributed by atoms with Crippen LogP contribution in [0, 0.1) is 5.92 Å². The van der Waals surface area contributed by atoms with Crippen LogP contribution in [0.2, 0.25) is 5.15 Å². The van der Waals surface area contributed by atoms with Crippen LogP contribution in [0.3, 0.4) is 0 Å². The number of likely N-dealkylation sites (tertiary alicyclic amines) is 1. The number of carbonyl (C=O) groups is 2. The number of hydrogen-bond acceptors (Lipinski definition) is 5. The molecule has 104 valence electrons. The number of fused-ring (bicyclic) bond motifs is 1. The third kappa shape index (κ3) is 2.23. The number of carbonyl (C=O) groups excluding carboxylic acids is 2. The van der Waals surface area contributed by atoms with Crippen molar-refractivity contribution in [3.05, 3.63) is 22.4 Å². The summed E-state index contributed by atoms with van der Waals surface area (Å²) in [4.78, 5) is 34.6. The van der Waals surface area contributed by atoms with Crippen LogP contribution < -0.4 is 5.73 Å². The molecule has 1 fully saturated rings. The first-order valence-corrected chi connectivity index (χ1v) is 7.22. The molecular formula is C12H11ClN4O2S. The quantitative estimate of drug-likeness (QED) is 0.681. The van der Waals surface area contributed by atoms with E-state index in [1.54, 1.807) is 4.90 Å². The lowest BCUT2D eigenvalue weighted by molar-refractivity contribution is -0.136. The van der Waals surface area contributed by atoms with E-state index in [0.717, 1.165) is 15.1 Å². The molecule has 2 amide bonds. The summed E-state index contributed by atoms with van der Waals surface area (Å²) in [5, 5.41) is 1.19. The van der Waals surface area contributed by atoms with Gasteiger partial charge in [0.05, 0.1) is 6.54 Å². The maximum absolute atomic E-state index is 12.0. The van der Waals surface area contributed by atoms with Gasteiger partial charge in [0.25, 0.3) is 0 Å². The molecule has 0 radical (unpaired) electrons. The number of primary amides is 1. The van der Waals surface area contributed by atoms with Crippen molar-refractivity contribution in [2.45, 2.75) is 13.0 Å². The summed E-state index contributed by atoms with van der Waals surface area (Å²) in [7, 11) is 0. The molecule has 3 heterocycles. The zero-order chi connectivity index (χ0) is 14.3. The molecule has 0 saturated carbocycles. The number of hydrogen-bond donors (Lipinski definition) is 1. The third-order valence-electron chi connectivity index (χ3n) is 3.32. The van der Waals surface area contributed by atoms with Crippen LogP contribution >= 0.6 is 22.9 Å². The van der Waals surface area contributed by atoms with Crippen LogP contribution in [0.4, 0.5) is 0 Å².